The highest BCUT2D eigenvalue weighted by Crippen LogP contribution is 2.42. The maximum absolute atomic E-state index is 12.3. The number of carbonyl (C=O) groups excluding carboxylic acids is 1. The van der Waals surface area contributed by atoms with Gasteiger partial charge in [0.25, 0.3) is 0 Å². The maximum atomic E-state index is 12.3. The summed E-state index contributed by atoms with van der Waals surface area (Å²) in [5.74, 6) is -2.25. The molecule has 14 unspecified atom stereocenters. The van der Waals surface area contributed by atoms with Crippen LogP contribution in [-0.4, -0.2) is 190 Å². The van der Waals surface area contributed by atoms with Gasteiger partial charge in [0.1, 0.15) is 108 Å². The van der Waals surface area contributed by atoms with E-state index in [2.05, 4.69) is 0 Å². The summed E-state index contributed by atoms with van der Waals surface area (Å²) in [6.07, 6.45) is -25.5. The average Bonchev–Trinajstić information content (AvgIpc) is 3.26. The van der Waals surface area contributed by atoms with Gasteiger partial charge in [-0.2, -0.15) is 0 Å². The molecule has 0 bridgehead atoms. The number of aromatic hydroxyl groups is 3. The summed E-state index contributed by atoms with van der Waals surface area (Å²) in [4.78, 5) is 12.3. The van der Waals surface area contributed by atoms with E-state index in [0.29, 0.717) is 0 Å². The molecule has 14 atom stereocenters. The molecule has 2 fully saturated rings. The molecular weight excluding hydrogens is 832 g/mol. The first-order valence-electron chi connectivity index (χ1n) is 19.0. The number of hydrogen-bond donors (Lipinski definition) is 14. The van der Waals surface area contributed by atoms with Crippen LogP contribution in [0, 0.1) is 0 Å². The van der Waals surface area contributed by atoms with Gasteiger partial charge in [-0.15, -0.1) is 0 Å². The Morgan fingerprint density at radius 3 is 1.79 bits per heavy atom. The van der Waals surface area contributed by atoms with Crippen LogP contribution < -0.4 is 9.47 Å². The zero-order valence-corrected chi connectivity index (χ0v) is 32.3. The fraction of sp³-hybridized carbons (Fsp3) is 0.450. The molecule has 3 aromatic carbocycles. The molecule has 2 aliphatic heterocycles. The Bertz CT molecular complexity index is 2100. The number of phenols is 3. The molecule has 6 rings (SSSR count). The minimum atomic E-state index is -2.16. The van der Waals surface area contributed by atoms with E-state index >= 15 is 0 Å². The Balaban J connectivity index is 1.26. The van der Waals surface area contributed by atoms with Crippen molar-refractivity contribution >= 4 is 16.9 Å². The van der Waals surface area contributed by atoms with E-state index in [1.165, 1.54) is 60.7 Å². The second kappa shape index (κ2) is 20.0. The van der Waals surface area contributed by atoms with Crippen molar-refractivity contribution in [2.45, 2.75) is 85.8 Å². The summed E-state index contributed by atoms with van der Waals surface area (Å²) >= 11 is 0. The second-order valence-electron chi connectivity index (χ2n) is 14.5. The zero-order chi connectivity index (χ0) is 45.0. The molecule has 2 saturated heterocycles. The minimum Gasteiger partial charge on any atom is -0.508 e. The smallest absolute Gasteiger partial charge is 0.402 e. The van der Waals surface area contributed by atoms with E-state index in [1.807, 2.05) is 0 Å². The molecule has 0 aliphatic carbocycles. The van der Waals surface area contributed by atoms with E-state index in [9.17, 15) is 76.3 Å². The molecule has 0 spiro atoms. The number of esters is 1. The van der Waals surface area contributed by atoms with Crippen LogP contribution in [0.2, 0.25) is 0 Å². The van der Waals surface area contributed by atoms with Crippen molar-refractivity contribution in [1.82, 2.24) is 0 Å². The third kappa shape index (κ3) is 10.3. The standard InChI is InChI=1S/C40H46O22/c41-12-27-31(50)33(52)35(54)39(61-27)59-25-10-20(45)9-24-21(25)11-26(36(58-24)16-1-5-18(43)6-2-16)60-40-37(34(53)32(51)28(13-42)62-40)56-14-22(46)29(48)30(49)23(47)15-57-38(55)17-3-7-19(44)8-4-17/h1-11,22-23,27-35,37,39-42,46-54H,12-15H2,(H2-,43,44,45,55)/p+1. The fourth-order valence-corrected chi connectivity index (χ4v) is 6.62. The first-order chi connectivity index (χ1) is 29.5. The van der Waals surface area contributed by atoms with Crippen molar-refractivity contribution in [3.63, 3.8) is 0 Å². The summed E-state index contributed by atoms with van der Waals surface area (Å²) < 4.78 is 40.1. The lowest BCUT2D eigenvalue weighted by atomic mass is 9.98. The SMILES string of the molecule is O=C(OCC(O)C(O)C(O)C(O)COC1C(Oc2cc3c(OC4OC(CO)C(O)C(O)C4O)cc(O)cc3[o+]c2-c2ccc(O)cc2)OC(CO)C(O)C1O)c1ccc(O)cc1. The van der Waals surface area contributed by atoms with Crippen LogP contribution in [0.25, 0.3) is 22.3 Å². The number of phenolic OH excluding ortho intramolecular Hbond substituents is 3. The van der Waals surface area contributed by atoms with E-state index in [4.69, 9.17) is 32.8 Å². The molecule has 338 valence electrons. The average molecular weight is 880 g/mol. The molecule has 0 saturated carbocycles. The Hall–Kier alpha value is -5.02. The van der Waals surface area contributed by atoms with Crippen LogP contribution in [0.4, 0.5) is 0 Å². The quantitative estimate of drug-likeness (QED) is 0.0399. The Morgan fingerprint density at radius 2 is 1.18 bits per heavy atom. The topological polar surface area (TPSA) is 367 Å². The van der Waals surface area contributed by atoms with Gasteiger partial charge < -0.3 is 99.9 Å². The molecule has 3 heterocycles. The summed E-state index contributed by atoms with van der Waals surface area (Å²) in [7, 11) is 0. The van der Waals surface area contributed by atoms with Gasteiger partial charge in [0.05, 0.1) is 37.0 Å². The van der Waals surface area contributed by atoms with Gasteiger partial charge in [-0.1, -0.05) is 0 Å². The highest BCUT2D eigenvalue weighted by atomic mass is 16.7. The van der Waals surface area contributed by atoms with Gasteiger partial charge in [-0.3, -0.25) is 0 Å². The molecule has 62 heavy (non-hydrogen) atoms. The van der Waals surface area contributed by atoms with Crippen molar-refractivity contribution in [3.05, 3.63) is 72.3 Å². The van der Waals surface area contributed by atoms with Crippen LogP contribution in [0.1, 0.15) is 10.4 Å². The van der Waals surface area contributed by atoms with Gasteiger partial charge in [0.2, 0.25) is 18.3 Å². The molecule has 22 nitrogen and oxygen atoms in total. The highest BCUT2D eigenvalue weighted by Gasteiger charge is 2.49. The van der Waals surface area contributed by atoms with Gasteiger partial charge in [0.15, 0.2) is 0 Å². The number of fused-ring (bicyclic) bond motifs is 1. The minimum absolute atomic E-state index is 0.00262. The summed E-state index contributed by atoms with van der Waals surface area (Å²) in [5.41, 5.74) is 0.156. The van der Waals surface area contributed by atoms with Crippen LogP contribution in [-0.2, 0) is 18.9 Å². The molecule has 4 aromatic rings. The number of aliphatic hydroxyl groups is 11. The number of benzene rings is 3. The third-order valence-corrected chi connectivity index (χ3v) is 10.2. The normalized spacial score (nSPS) is 28.4. The van der Waals surface area contributed by atoms with Crippen molar-refractivity contribution in [3.8, 4) is 40.1 Å². The molecule has 0 radical (unpaired) electrons. The van der Waals surface area contributed by atoms with Gasteiger partial charge in [0, 0.05) is 12.1 Å². The van der Waals surface area contributed by atoms with Crippen molar-refractivity contribution in [2.24, 2.45) is 0 Å². The maximum Gasteiger partial charge on any atom is 0.402 e. The first-order valence-corrected chi connectivity index (χ1v) is 19.0. The molecule has 22 heteroatoms. The van der Waals surface area contributed by atoms with E-state index in [-0.39, 0.29) is 50.9 Å². The fourth-order valence-electron chi connectivity index (χ4n) is 6.62. The van der Waals surface area contributed by atoms with Crippen LogP contribution >= 0.6 is 0 Å². The third-order valence-electron chi connectivity index (χ3n) is 10.2. The van der Waals surface area contributed by atoms with Crippen LogP contribution in [0.5, 0.6) is 28.7 Å². The van der Waals surface area contributed by atoms with Crippen LogP contribution in [0.15, 0.2) is 71.1 Å². The predicted molar refractivity (Wildman–Crippen MR) is 204 cm³/mol. The Morgan fingerprint density at radius 1 is 0.629 bits per heavy atom. The Labute approximate surface area is 350 Å². The number of carbonyl (C=O) groups is 1. The number of ether oxygens (including phenoxy) is 6. The van der Waals surface area contributed by atoms with Crippen molar-refractivity contribution in [2.75, 3.05) is 26.4 Å². The predicted octanol–water partition coefficient (Wildman–Crippen LogP) is -2.82. The molecule has 2 aliphatic rings. The monoisotopic (exact) mass is 879 g/mol. The lowest BCUT2D eigenvalue weighted by molar-refractivity contribution is -0.292. The summed E-state index contributed by atoms with van der Waals surface area (Å²) in [5, 5.41) is 145. The molecule has 1 aromatic heterocycles. The second-order valence-corrected chi connectivity index (χ2v) is 14.5. The first kappa shape index (κ1) is 46.5. The highest BCUT2D eigenvalue weighted by molar-refractivity contribution is 5.90. The molecule has 0 amide bonds. The van der Waals surface area contributed by atoms with E-state index in [1.54, 1.807) is 0 Å². The van der Waals surface area contributed by atoms with Gasteiger partial charge in [-0.25, -0.2) is 9.21 Å². The van der Waals surface area contributed by atoms with E-state index < -0.39 is 124 Å². The largest absolute Gasteiger partial charge is 0.508 e. The summed E-state index contributed by atoms with van der Waals surface area (Å²) in [6.45, 7) is -3.38. The number of rotatable bonds is 16. The van der Waals surface area contributed by atoms with Crippen molar-refractivity contribution < 1.29 is 109 Å². The molecule has 14 N–H and O–H groups in total. The van der Waals surface area contributed by atoms with Gasteiger partial charge in [-0.05, 0) is 48.5 Å². The number of hydrogen-bond acceptors (Lipinski definition) is 21. The van der Waals surface area contributed by atoms with Crippen molar-refractivity contribution in [1.29, 1.82) is 0 Å². The number of aliphatic hydroxyl groups excluding tert-OH is 11. The zero-order valence-electron chi connectivity index (χ0n) is 32.3. The lowest BCUT2D eigenvalue weighted by Crippen LogP contribution is -2.61. The van der Waals surface area contributed by atoms with E-state index in [0.717, 1.165) is 6.07 Å². The van der Waals surface area contributed by atoms with Crippen LogP contribution in [0.3, 0.4) is 0 Å². The van der Waals surface area contributed by atoms with Gasteiger partial charge >= 0.3 is 17.3 Å². The Kier molecular flexibility index (Phi) is 15.0. The lowest BCUT2D eigenvalue weighted by Gasteiger charge is -2.41. The molecular formula is C40H47O22+. The summed E-state index contributed by atoms with van der Waals surface area (Å²) in [6, 6.07) is 13.9.